The minimum atomic E-state index is -0.482. The van der Waals surface area contributed by atoms with E-state index in [-0.39, 0.29) is 6.61 Å². The van der Waals surface area contributed by atoms with E-state index >= 15 is 0 Å². The number of hydrogen-bond donors (Lipinski definition) is 1. The number of carbonyl (C=O) groups excluding carboxylic acids is 2. The van der Waals surface area contributed by atoms with Gasteiger partial charge in [-0.2, -0.15) is 0 Å². The molecule has 0 atom stereocenters. The van der Waals surface area contributed by atoms with Crippen molar-refractivity contribution in [2.75, 3.05) is 6.61 Å². The first-order chi connectivity index (χ1) is 8.76. The Morgan fingerprint density at radius 1 is 1.39 bits per heavy atom. The molecule has 1 rings (SSSR count). The molecule has 0 aliphatic heterocycles. The van der Waals surface area contributed by atoms with Crippen LogP contribution in [0.4, 0.5) is 4.79 Å². The topological polar surface area (TPSA) is 67.8 Å². The Hall–Kier alpha value is -2.39. The van der Waals surface area contributed by atoms with Gasteiger partial charge in [-0.3, -0.25) is 0 Å². The van der Waals surface area contributed by atoms with E-state index in [1.807, 2.05) is 24.3 Å². The van der Waals surface area contributed by atoms with Gasteiger partial charge in [0.15, 0.2) is 0 Å². The summed E-state index contributed by atoms with van der Waals surface area (Å²) >= 11 is 0. The number of benzene rings is 1. The predicted octanol–water partition coefficient (Wildman–Crippen LogP) is 1.93. The fourth-order valence-corrected chi connectivity index (χ4v) is 1.25. The molecule has 0 saturated heterocycles. The number of carbonyl (C=O) groups is 1. The standard InChI is InChI=1S/C13H14N2O3/c1-2-7-18-13(17)15-9-12-5-3-11(4-6-12)8-14-10-16/h2-6H,1,7-9H2,(H,15,17). The minimum Gasteiger partial charge on any atom is -0.445 e. The number of ether oxygens (including phenoxy) is 1. The molecular formula is C13H14N2O3. The Bertz CT molecular complexity index is 448. The Morgan fingerprint density at radius 2 is 2.06 bits per heavy atom. The summed E-state index contributed by atoms with van der Waals surface area (Å²) < 4.78 is 4.76. The Morgan fingerprint density at radius 3 is 2.67 bits per heavy atom. The van der Waals surface area contributed by atoms with Gasteiger partial charge in [-0.15, -0.1) is 0 Å². The lowest BCUT2D eigenvalue weighted by Crippen LogP contribution is -2.23. The van der Waals surface area contributed by atoms with Crippen LogP contribution in [0.5, 0.6) is 0 Å². The second kappa shape index (κ2) is 7.81. The average molecular weight is 246 g/mol. The van der Waals surface area contributed by atoms with Gasteiger partial charge >= 0.3 is 6.09 Å². The molecule has 0 aromatic heterocycles. The van der Waals surface area contributed by atoms with Crippen LogP contribution in [0.1, 0.15) is 11.1 Å². The third kappa shape index (κ3) is 5.09. The second-order valence-corrected chi connectivity index (χ2v) is 3.46. The van der Waals surface area contributed by atoms with Crippen LogP contribution in [0.3, 0.4) is 0 Å². The maximum Gasteiger partial charge on any atom is 0.407 e. The van der Waals surface area contributed by atoms with E-state index < -0.39 is 6.09 Å². The van der Waals surface area contributed by atoms with Crippen molar-refractivity contribution in [3.63, 3.8) is 0 Å². The first kappa shape index (κ1) is 13.7. The smallest absolute Gasteiger partial charge is 0.407 e. The van der Waals surface area contributed by atoms with Crippen LogP contribution in [0.2, 0.25) is 0 Å². The third-order valence-corrected chi connectivity index (χ3v) is 2.12. The number of nitrogens with zero attached hydrogens (tertiary/aromatic N) is 1. The van der Waals surface area contributed by atoms with Crippen LogP contribution in [-0.2, 0) is 22.6 Å². The highest BCUT2D eigenvalue weighted by atomic mass is 16.5. The Kier molecular flexibility index (Phi) is 5.94. The number of amides is 1. The lowest BCUT2D eigenvalue weighted by molar-refractivity contribution is 0.158. The van der Waals surface area contributed by atoms with Crippen molar-refractivity contribution < 1.29 is 14.3 Å². The molecule has 1 amide bonds. The van der Waals surface area contributed by atoms with Gasteiger partial charge in [0.25, 0.3) is 0 Å². The van der Waals surface area contributed by atoms with Crippen molar-refractivity contribution in [3.05, 3.63) is 48.0 Å². The zero-order valence-electron chi connectivity index (χ0n) is 9.89. The van der Waals surface area contributed by atoms with Crippen LogP contribution in [0, 0.1) is 0 Å². The Labute approximate surface area is 105 Å². The van der Waals surface area contributed by atoms with E-state index in [9.17, 15) is 9.59 Å². The minimum absolute atomic E-state index is 0.189. The van der Waals surface area contributed by atoms with Gasteiger partial charge in [-0.1, -0.05) is 36.9 Å². The second-order valence-electron chi connectivity index (χ2n) is 3.46. The number of rotatable bonds is 6. The number of aliphatic imine (C=N–C) groups is 1. The lowest BCUT2D eigenvalue weighted by atomic mass is 10.1. The van der Waals surface area contributed by atoms with Crippen LogP contribution in [0.25, 0.3) is 0 Å². The zero-order chi connectivity index (χ0) is 13.2. The molecule has 0 fully saturated rings. The average Bonchev–Trinajstić information content (AvgIpc) is 2.41. The van der Waals surface area contributed by atoms with Gasteiger partial charge < -0.3 is 10.1 Å². The van der Waals surface area contributed by atoms with Crippen molar-refractivity contribution in [2.45, 2.75) is 13.1 Å². The number of alkyl carbamates (subject to hydrolysis) is 1. The van der Waals surface area contributed by atoms with Crippen LogP contribution in [0.15, 0.2) is 41.9 Å². The summed E-state index contributed by atoms with van der Waals surface area (Å²) in [6.07, 6.45) is 2.50. The molecule has 1 aromatic rings. The predicted molar refractivity (Wildman–Crippen MR) is 66.7 cm³/mol. The Balaban J connectivity index is 2.41. The summed E-state index contributed by atoms with van der Waals surface area (Å²) in [5.74, 6) is 0. The van der Waals surface area contributed by atoms with Gasteiger partial charge in [0.05, 0.1) is 6.54 Å². The van der Waals surface area contributed by atoms with E-state index in [0.29, 0.717) is 13.1 Å². The fraction of sp³-hybridized carbons (Fsp3) is 0.231. The molecule has 0 saturated carbocycles. The molecule has 0 unspecified atom stereocenters. The molecule has 0 aliphatic rings. The van der Waals surface area contributed by atoms with Gasteiger partial charge in [0.1, 0.15) is 6.61 Å². The molecule has 5 heteroatoms. The molecule has 0 radical (unpaired) electrons. The van der Waals surface area contributed by atoms with Crippen LogP contribution >= 0.6 is 0 Å². The highest BCUT2D eigenvalue weighted by Crippen LogP contribution is 2.05. The van der Waals surface area contributed by atoms with Crippen molar-refractivity contribution in [3.8, 4) is 0 Å². The first-order valence-electron chi connectivity index (χ1n) is 5.39. The molecule has 0 bridgehead atoms. The zero-order valence-corrected chi connectivity index (χ0v) is 9.89. The normalized spacial score (nSPS) is 9.11. The van der Waals surface area contributed by atoms with E-state index in [2.05, 4.69) is 16.9 Å². The molecule has 18 heavy (non-hydrogen) atoms. The van der Waals surface area contributed by atoms with Gasteiger partial charge in [-0.05, 0) is 11.1 Å². The van der Waals surface area contributed by atoms with E-state index in [0.717, 1.165) is 11.1 Å². The molecule has 0 spiro atoms. The maximum atomic E-state index is 11.1. The molecule has 1 N–H and O–H groups in total. The summed E-state index contributed by atoms with van der Waals surface area (Å²) in [7, 11) is 0. The lowest BCUT2D eigenvalue weighted by Gasteiger charge is -2.05. The van der Waals surface area contributed by atoms with Crippen LogP contribution < -0.4 is 5.32 Å². The number of nitrogens with one attached hydrogen (secondary N) is 1. The fourth-order valence-electron chi connectivity index (χ4n) is 1.25. The van der Waals surface area contributed by atoms with E-state index in [1.165, 1.54) is 12.2 Å². The summed E-state index contributed by atoms with van der Waals surface area (Å²) in [6.45, 7) is 4.33. The molecule has 5 nitrogen and oxygen atoms in total. The molecule has 94 valence electrons. The van der Waals surface area contributed by atoms with E-state index in [1.54, 1.807) is 0 Å². The molecular weight excluding hydrogens is 232 g/mol. The van der Waals surface area contributed by atoms with Crippen LogP contribution in [-0.4, -0.2) is 18.8 Å². The quantitative estimate of drug-likeness (QED) is 0.474. The summed E-state index contributed by atoms with van der Waals surface area (Å²) in [5.41, 5.74) is 1.85. The van der Waals surface area contributed by atoms with Gasteiger partial charge in [-0.25, -0.2) is 14.6 Å². The van der Waals surface area contributed by atoms with Crippen molar-refractivity contribution in [1.82, 2.24) is 5.32 Å². The summed E-state index contributed by atoms with van der Waals surface area (Å²) in [4.78, 5) is 24.6. The SMILES string of the molecule is C=CCOC(=O)NCc1ccc(CN=C=O)cc1. The van der Waals surface area contributed by atoms with E-state index in [4.69, 9.17) is 4.74 Å². The summed E-state index contributed by atoms with van der Waals surface area (Å²) in [6, 6.07) is 7.38. The van der Waals surface area contributed by atoms with Gasteiger partial charge in [0.2, 0.25) is 6.08 Å². The molecule has 1 aromatic carbocycles. The number of hydrogen-bond acceptors (Lipinski definition) is 4. The monoisotopic (exact) mass is 246 g/mol. The first-order valence-corrected chi connectivity index (χ1v) is 5.39. The maximum absolute atomic E-state index is 11.1. The number of isocyanates is 1. The van der Waals surface area contributed by atoms with Crippen molar-refractivity contribution in [1.29, 1.82) is 0 Å². The van der Waals surface area contributed by atoms with Gasteiger partial charge in [0, 0.05) is 6.54 Å². The van der Waals surface area contributed by atoms with Crippen molar-refractivity contribution >= 4 is 12.2 Å². The summed E-state index contributed by atoms with van der Waals surface area (Å²) in [5, 5.41) is 2.60. The van der Waals surface area contributed by atoms with Crippen molar-refractivity contribution in [2.24, 2.45) is 4.99 Å². The third-order valence-electron chi connectivity index (χ3n) is 2.12. The highest BCUT2D eigenvalue weighted by Gasteiger charge is 2.00. The highest BCUT2D eigenvalue weighted by molar-refractivity contribution is 5.67. The largest absolute Gasteiger partial charge is 0.445 e. The molecule has 0 aliphatic carbocycles. The molecule has 0 heterocycles.